The van der Waals surface area contributed by atoms with Crippen LogP contribution in [0.15, 0.2) is 36.1 Å². The van der Waals surface area contributed by atoms with Crippen LogP contribution in [-0.4, -0.2) is 79.4 Å². The molecule has 4 atom stereocenters. The number of ether oxygens (including phenoxy) is 9. The molecule has 0 aromatic heterocycles. The Labute approximate surface area is 274 Å². The molecule has 3 saturated heterocycles. The van der Waals surface area contributed by atoms with Gasteiger partial charge in [-0.2, -0.15) is 0 Å². The molecule has 10 nitrogen and oxygen atoms in total. The average molecular weight is 659 g/mol. The lowest BCUT2D eigenvalue weighted by Gasteiger charge is -2.37. The summed E-state index contributed by atoms with van der Waals surface area (Å²) in [6, 6.07) is 9.75. The predicted octanol–water partition coefficient (Wildman–Crippen LogP) is 6.93. The van der Waals surface area contributed by atoms with Gasteiger partial charge in [-0.1, -0.05) is 26.8 Å². The SMILES string of the molecule is COc1ccc(/C(=C2\O[C@@H]([C@H]3COC(C)(C)O3)[C@H]3OC(C)(C)O[C@@H]23)c2cc(OC)c(OC)c(OC)c2)cc1O[Si](C)(C)C(C)(C)C. The van der Waals surface area contributed by atoms with Crippen molar-refractivity contribution in [3.8, 4) is 28.7 Å². The van der Waals surface area contributed by atoms with Crippen molar-refractivity contribution in [1.29, 1.82) is 0 Å². The van der Waals surface area contributed by atoms with Crippen molar-refractivity contribution in [2.75, 3.05) is 35.0 Å². The van der Waals surface area contributed by atoms with Crippen LogP contribution in [0, 0.1) is 0 Å². The summed E-state index contributed by atoms with van der Waals surface area (Å²) in [7, 11) is 4.18. The summed E-state index contributed by atoms with van der Waals surface area (Å²) in [5.74, 6) is 1.80. The van der Waals surface area contributed by atoms with Crippen LogP contribution in [-0.2, 0) is 23.7 Å². The molecular weight excluding hydrogens is 608 g/mol. The van der Waals surface area contributed by atoms with E-state index in [0.29, 0.717) is 41.1 Å². The van der Waals surface area contributed by atoms with Gasteiger partial charge in [0.05, 0.1) is 35.0 Å². The third-order valence-electron chi connectivity index (χ3n) is 9.19. The van der Waals surface area contributed by atoms with E-state index in [1.807, 2.05) is 58.0 Å². The van der Waals surface area contributed by atoms with E-state index >= 15 is 0 Å². The molecule has 0 amide bonds. The van der Waals surface area contributed by atoms with Gasteiger partial charge in [-0.3, -0.25) is 0 Å². The topological polar surface area (TPSA) is 92.3 Å². The number of hydrogen-bond donors (Lipinski definition) is 0. The highest BCUT2D eigenvalue weighted by atomic mass is 28.4. The van der Waals surface area contributed by atoms with E-state index < -0.39 is 38.2 Å². The molecule has 11 heteroatoms. The molecule has 0 radical (unpaired) electrons. The number of rotatable bonds is 9. The summed E-state index contributed by atoms with van der Waals surface area (Å²) in [6.45, 7) is 19.0. The largest absolute Gasteiger partial charge is 0.541 e. The van der Waals surface area contributed by atoms with Crippen molar-refractivity contribution in [3.05, 3.63) is 47.2 Å². The Morgan fingerprint density at radius 2 is 1.35 bits per heavy atom. The maximum atomic E-state index is 6.87. The molecule has 0 saturated carbocycles. The molecule has 46 heavy (non-hydrogen) atoms. The van der Waals surface area contributed by atoms with Crippen LogP contribution in [0.3, 0.4) is 0 Å². The van der Waals surface area contributed by atoms with E-state index in [1.54, 1.807) is 28.4 Å². The van der Waals surface area contributed by atoms with Gasteiger partial charge in [0.2, 0.25) is 5.75 Å². The van der Waals surface area contributed by atoms with E-state index in [9.17, 15) is 0 Å². The first-order valence-corrected chi connectivity index (χ1v) is 18.6. The average Bonchev–Trinajstić information content (AvgIpc) is 3.61. The van der Waals surface area contributed by atoms with Crippen LogP contribution in [0.2, 0.25) is 18.1 Å². The minimum atomic E-state index is -2.25. The molecule has 2 aromatic carbocycles. The summed E-state index contributed by atoms with van der Waals surface area (Å²) in [4.78, 5) is 0. The lowest BCUT2D eigenvalue weighted by molar-refractivity contribution is -0.187. The van der Waals surface area contributed by atoms with Crippen molar-refractivity contribution in [3.63, 3.8) is 0 Å². The molecule has 5 rings (SSSR count). The molecule has 0 unspecified atom stereocenters. The fraction of sp³-hybridized carbons (Fsp3) is 0.600. The lowest BCUT2D eigenvalue weighted by atomic mass is 9.93. The molecular formula is C35H50O10Si. The van der Waals surface area contributed by atoms with Crippen molar-refractivity contribution in [2.24, 2.45) is 0 Å². The molecule has 3 heterocycles. The standard InChI is InChI=1S/C35H50O10Si/c1-33(2,3)46(12,13)45-23-16-20(14-15-22(23)36-8)27(21-17-24(37-9)28(39-11)25(18-21)38-10)30-32-31(43-35(6,7)44-32)29(41-30)26-19-40-34(4,5)42-26/h14-18,26,29,31-32H,19H2,1-13H3/b30-27+/t26-,29+,31-,32+/m1/s1. The maximum absolute atomic E-state index is 6.87. The smallest absolute Gasteiger partial charge is 0.250 e. The Balaban J connectivity index is 1.75. The molecule has 2 aromatic rings. The van der Waals surface area contributed by atoms with Gasteiger partial charge in [0.1, 0.15) is 29.8 Å². The van der Waals surface area contributed by atoms with Gasteiger partial charge < -0.3 is 47.1 Å². The van der Waals surface area contributed by atoms with Crippen LogP contribution in [0.5, 0.6) is 28.7 Å². The summed E-state index contributed by atoms with van der Waals surface area (Å²) in [6.07, 6.45) is -1.83. The second kappa shape index (κ2) is 12.2. The Kier molecular flexibility index (Phi) is 9.15. The first kappa shape index (κ1) is 34.4. The monoisotopic (exact) mass is 658 g/mol. The zero-order valence-electron chi connectivity index (χ0n) is 29.5. The maximum Gasteiger partial charge on any atom is 0.250 e. The second-order valence-corrected chi connectivity index (χ2v) is 19.1. The highest BCUT2D eigenvalue weighted by Crippen LogP contribution is 2.50. The van der Waals surface area contributed by atoms with Gasteiger partial charge in [-0.25, -0.2) is 0 Å². The number of methoxy groups -OCH3 is 4. The van der Waals surface area contributed by atoms with Crippen LogP contribution >= 0.6 is 0 Å². The number of fused-ring (bicyclic) bond motifs is 1. The Morgan fingerprint density at radius 3 is 1.87 bits per heavy atom. The summed E-state index contributed by atoms with van der Waals surface area (Å²) < 4.78 is 62.0. The quantitative estimate of drug-likeness (QED) is 0.264. The van der Waals surface area contributed by atoms with Crippen LogP contribution < -0.4 is 23.4 Å². The highest BCUT2D eigenvalue weighted by molar-refractivity contribution is 6.74. The minimum absolute atomic E-state index is 0.0290. The molecule has 0 aliphatic carbocycles. The third kappa shape index (κ3) is 6.44. The van der Waals surface area contributed by atoms with Gasteiger partial charge in [0, 0.05) is 5.57 Å². The summed E-state index contributed by atoms with van der Waals surface area (Å²) in [5.41, 5.74) is 2.36. The summed E-state index contributed by atoms with van der Waals surface area (Å²) in [5, 5.41) is -0.0290. The van der Waals surface area contributed by atoms with Crippen LogP contribution in [0.25, 0.3) is 5.57 Å². The zero-order valence-corrected chi connectivity index (χ0v) is 30.5. The highest BCUT2D eigenvalue weighted by Gasteiger charge is 2.58. The molecule has 254 valence electrons. The van der Waals surface area contributed by atoms with E-state index in [4.69, 9.17) is 47.1 Å². The van der Waals surface area contributed by atoms with E-state index in [-0.39, 0.29) is 11.1 Å². The van der Waals surface area contributed by atoms with Crippen molar-refractivity contribution < 1.29 is 47.1 Å². The predicted molar refractivity (Wildman–Crippen MR) is 177 cm³/mol. The molecule has 3 fully saturated rings. The van der Waals surface area contributed by atoms with Gasteiger partial charge in [0.15, 0.2) is 34.9 Å². The molecule has 0 bridgehead atoms. The molecule has 0 spiro atoms. The van der Waals surface area contributed by atoms with Crippen molar-refractivity contribution in [1.82, 2.24) is 0 Å². The Hall–Kier alpha value is -2.96. The van der Waals surface area contributed by atoms with Gasteiger partial charge in [-0.15, -0.1) is 0 Å². The van der Waals surface area contributed by atoms with Crippen molar-refractivity contribution >= 4 is 13.9 Å². The Morgan fingerprint density at radius 1 is 0.739 bits per heavy atom. The first-order valence-electron chi connectivity index (χ1n) is 15.7. The summed E-state index contributed by atoms with van der Waals surface area (Å²) >= 11 is 0. The normalized spacial score (nSPS) is 26.3. The first-order chi connectivity index (χ1) is 21.4. The van der Waals surface area contributed by atoms with Crippen molar-refractivity contribution in [2.45, 2.75) is 103 Å². The number of hydrogen-bond acceptors (Lipinski definition) is 10. The zero-order chi connectivity index (χ0) is 33.8. The van der Waals surface area contributed by atoms with Crippen LogP contribution in [0.1, 0.15) is 59.6 Å². The number of benzene rings is 2. The van der Waals surface area contributed by atoms with Crippen LogP contribution in [0.4, 0.5) is 0 Å². The van der Waals surface area contributed by atoms with Gasteiger partial charge in [-0.05, 0) is 81.2 Å². The molecule has 3 aliphatic rings. The minimum Gasteiger partial charge on any atom is -0.541 e. The van der Waals surface area contributed by atoms with E-state index in [1.165, 1.54) is 0 Å². The van der Waals surface area contributed by atoms with Gasteiger partial charge in [0.25, 0.3) is 8.32 Å². The van der Waals surface area contributed by atoms with E-state index in [2.05, 4.69) is 33.9 Å². The van der Waals surface area contributed by atoms with E-state index in [0.717, 1.165) is 16.7 Å². The fourth-order valence-corrected chi connectivity index (χ4v) is 6.91. The fourth-order valence-electron chi connectivity index (χ4n) is 5.90. The second-order valence-electron chi connectivity index (χ2n) is 14.4. The van der Waals surface area contributed by atoms with Gasteiger partial charge >= 0.3 is 0 Å². The molecule has 0 N–H and O–H groups in total. The lowest BCUT2D eigenvalue weighted by Crippen LogP contribution is -2.43. The Bertz CT molecular complexity index is 1450. The molecule has 3 aliphatic heterocycles. The third-order valence-corrected chi connectivity index (χ3v) is 13.5.